The molecule has 3 rings (SSSR count). The monoisotopic (exact) mass is 248 g/mol. The minimum absolute atomic E-state index is 0.526. The van der Waals surface area contributed by atoms with E-state index in [1.165, 1.54) is 6.42 Å². The second kappa shape index (κ2) is 4.16. The molecule has 1 aromatic heterocycles. The van der Waals surface area contributed by atoms with Crippen molar-refractivity contribution in [3.63, 3.8) is 0 Å². The summed E-state index contributed by atoms with van der Waals surface area (Å²) in [5.41, 5.74) is 7.59. The third kappa shape index (κ3) is 2.21. The summed E-state index contributed by atoms with van der Waals surface area (Å²) < 4.78 is 1.15. The van der Waals surface area contributed by atoms with Crippen molar-refractivity contribution in [2.45, 2.75) is 12.5 Å². The number of nitrogen functional groups attached to an aromatic ring is 1. The van der Waals surface area contributed by atoms with Crippen molar-refractivity contribution < 1.29 is 0 Å². The van der Waals surface area contributed by atoms with Crippen molar-refractivity contribution >= 4 is 32.4 Å². The van der Waals surface area contributed by atoms with Crippen molar-refractivity contribution in [3.8, 4) is 0 Å². The van der Waals surface area contributed by atoms with Crippen molar-refractivity contribution in [2.24, 2.45) is 0 Å². The molecule has 0 spiro atoms. The van der Waals surface area contributed by atoms with E-state index < -0.39 is 0 Å². The molecule has 1 aliphatic rings. The van der Waals surface area contributed by atoms with Gasteiger partial charge in [-0.3, -0.25) is 0 Å². The van der Waals surface area contributed by atoms with Gasteiger partial charge in [-0.1, -0.05) is 11.3 Å². The molecule has 1 fully saturated rings. The summed E-state index contributed by atoms with van der Waals surface area (Å²) in [4.78, 5) is 6.91. The molecular weight excluding hydrogens is 232 g/mol. The Balaban J connectivity index is 1.81. The van der Waals surface area contributed by atoms with Crippen LogP contribution in [-0.4, -0.2) is 36.1 Å². The maximum absolute atomic E-state index is 5.77. The van der Waals surface area contributed by atoms with Crippen LogP contribution in [0.15, 0.2) is 18.2 Å². The van der Waals surface area contributed by atoms with E-state index in [1.807, 2.05) is 18.2 Å². The highest BCUT2D eigenvalue weighted by atomic mass is 32.1. The summed E-state index contributed by atoms with van der Waals surface area (Å²) in [7, 11) is 2.15. The second-order valence-corrected chi connectivity index (χ2v) is 5.67. The lowest BCUT2D eigenvalue weighted by atomic mass is 10.3. The van der Waals surface area contributed by atoms with E-state index in [2.05, 4.69) is 22.2 Å². The fourth-order valence-electron chi connectivity index (χ4n) is 2.23. The van der Waals surface area contributed by atoms with Crippen LogP contribution in [0.4, 0.5) is 10.8 Å². The standard InChI is InChI=1S/C12H16N4S/c1-16-5-4-9(7-16)14-12-15-10-3-2-8(13)6-11(10)17-12/h2-3,6,9H,4-5,7,13H2,1H3,(H,14,15). The maximum Gasteiger partial charge on any atom is 0.184 e. The minimum Gasteiger partial charge on any atom is -0.399 e. The molecule has 0 saturated carbocycles. The number of aromatic nitrogens is 1. The first-order chi connectivity index (χ1) is 8.20. The third-order valence-corrected chi connectivity index (χ3v) is 4.08. The number of hydrogen-bond acceptors (Lipinski definition) is 5. The smallest absolute Gasteiger partial charge is 0.184 e. The Bertz CT molecular complexity index is 536. The Morgan fingerprint density at radius 1 is 1.53 bits per heavy atom. The summed E-state index contributed by atoms with van der Waals surface area (Å²) >= 11 is 1.68. The SMILES string of the molecule is CN1CCC(Nc2nc3ccc(N)cc3s2)C1. The molecule has 2 aromatic rings. The number of benzene rings is 1. The number of anilines is 2. The first kappa shape index (κ1) is 10.8. The van der Waals surface area contributed by atoms with Crippen LogP contribution >= 0.6 is 11.3 Å². The molecule has 0 bridgehead atoms. The van der Waals surface area contributed by atoms with Gasteiger partial charge in [0.1, 0.15) is 0 Å². The molecule has 5 heteroatoms. The fourth-order valence-corrected chi connectivity index (χ4v) is 3.22. The van der Waals surface area contributed by atoms with Gasteiger partial charge in [-0.15, -0.1) is 0 Å². The fraction of sp³-hybridized carbons (Fsp3) is 0.417. The van der Waals surface area contributed by atoms with E-state index in [9.17, 15) is 0 Å². The number of thiazole rings is 1. The van der Waals surface area contributed by atoms with Crippen molar-refractivity contribution in [1.82, 2.24) is 9.88 Å². The predicted molar refractivity (Wildman–Crippen MR) is 73.6 cm³/mol. The molecule has 1 aliphatic heterocycles. The van der Waals surface area contributed by atoms with E-state index in [1.54, 1.807) is 11.3 Å². The molecule has 3 N–H and O–H groups in total. The molecule has 17 heavy (non-hydrogen) atoms. The van der Waals surface area contributed by atoms with Crippen LogP contribution in [0.1, 0.15) is 6.42 Å². The number of rotatable bonds is 2. The van der Waals surface area contributed by atoms with Gasteiger partial charge in [0.05, 0.1) is 10.2 Å². The number of nitrogens with zero attached hydrogens (tertiary/aromatic N) is 2. The molecule has 4 nitrogen and oxygen atoms in total. The van der Waals surface area contributed by atoms with Gasteiger partial charge >= 0.3 is 0 Å². The van der Waals surface area contributed by atoms with E-state index >= 15 is 0 Å². The highest BCUT2D eigenvalue weighted by Crippen LogP contribution is 2.28. The highest BCUT2D eigenvalue weighted by Gasteiger charge is 2.20. The van der Waals surface area contributed by atoms with Crippen molar-refractivity contribution in [3.05, 3.63) is 18.2 Å². The molecular formula is C12H16N4S. The summed E-state index contributed by atoms with van der Waals surface area (Å²) in [6.45, 7) is 2.26. The Morgan fingerprint density at radius 3 is 3.18 bits per heavy atom. The molecule has 2 heterocycles. The predicted octanol–water partition coefficient (Wildman–Crippen LogP) is 1.99. The molecule has 0 amide bonds. The lowest BCUT2D eigenvalue weighted by molar-refractivity contribution is 0.414. The van der Waals surface area contributed by atoms with Gasteiger partial charge in [0.25, 0.3) is 0 Å². The number of likely N-dealkylation sites (N-methyl/N-ethyl adjacent to an activating group) is 1. The normalized spacial score (nSPS) is 21.1. The summed E-state index contributed by atoms with van der Waals surface area (Å²) in [5, 5.41) is 4.51. The van der Waals surface area contributed by atoms with Gasteiger partial charge < -0.3 is 16.0 Å². The average molecular weight is 248 g/mol. The Morgan fingerprint density at radius 2 is 2.41 bits per heavy atom. The Kier molecular flexibility index (Phi) is 2.64. The second-order valence-electron chi connectivity index (χ2n) is 4.64. The zero-order valence-corrected chi connectivity index (χ0v) is 10.6. The molecule has 0 radical (unpaired) electrons. The first-order valence-corrected chi connectivity index (χ1v) is 6.63. The van der Waals surface area contributed by atoms with Crippen LogP contribution in [0.5, 0.6) is 0 Å². The van der Waals surface area contributed by atoms with E-state index in [0.717, 1.165) is 34.1 Å². The average Bonchev–Trinajstić information content (AvgIpc) is 2.84. The van der Waals surface area contributed by atoms with Crippen LogP contribution in [0.2, 0.25) is 0 Å². The summed E-state index contributed by atoms with van der Waals surface area (Å²) in [6, 6.07) is 6.39. The molecule has 1 atom stereocenters. The maximum atomic E-state index is 5.77. The van der Waals surface area contributed by atoms with Gasteiger partial charge in [0.15, 0.2) is 5.13 Å². The third-order valence-electron chi connectivity index (χ3n) is 3.13. The van der Waals surface area contributed by atoms with Crippen molar-refractivity contribution in [1.29, 1.82) is 0 Å². The molecule has 1 aromatic carbocycles. The summed E-state index contributed by atoms with van der Waals surface area (Å²) in [5.74, 6) is 0. The van der Waals surface area contributed by atoms with Gasteiger partial charge in [-0.2, -0.15) is 0 Å². The van der Waals surface area contributed by atoms with E-state index in [4.69, 9.17) is 5.73 Å². The molecule has 1 unspecified atom stereocenters. The van der Waals surface area contributed by atoms with Gasteiger partial charge in [0, 0.05) is 18.3 Å². The quantitative estimate of drug-likeness (QED) is 0.798. The van der Waals surface area contributed by atoms with Gasteiger partial charge in [0.2, 0.25) is 0 Å². The number of fused-ring (bicyclic) bond motifs is 1. The molecule has 1 saturated heterocycles. The lowest BCUT2D eigenvalue weighted by Gasteiger charge is -2.10. The van der Waals surface area contributed by atoms with E-state index in [-0.39, 0.29) is 0 Å². The van der Waals surface area contributed by atoms with Gasteiger partial charge in [-0.05, 0) is 38.2 Å². The largest absolute Gasteiger partial charge is 0.399 e. The lowest BCUT2D eigenvalue weighted by Crippen LogP contribution is -2.23. The van der Waals surface area contributed by atoms with Gasteiger partial charge in [-0.25, -0.2) is 4.98 Å². The van der Waals surface area contributed by atoms with Crippen LogP contribution in [0, 0.1) is 0 Å². The van der Waals surface area contributed by atoms with Crippen LogP contribution in [0.25, 0.3) is 10.2 Å². The zero-order chi connectivity index (χ0) is 11.8. The van der Waals surface area contributed by atoms with Crippen LogP contribution in [-0.2, 0) is 0 Å². The topological polar surface area (TPSA) is 54.2 Å². The number of hydrogen-bond donors (Lipinski definition) is 2. The Labute approximate surface area is 104 Å². The first-order valence-electron chi connectivity index (χ1n) is 5.82. The van der Waals surface area contributed by atoms with E-state index in [0.29, 0.717) is 6.04 Å². The molecule has 90 valence electrons. The highest BCUT2D eigenvalue weighted by molar-refractivity contribution is 7.22. The minimum atomic E-state index is 0.526. The molecule has 0 aliphatic carbocycles. The number of nitrogens with two attached hydrogens (primary N) is 1. The summed E-state index contributed by atoms with van der Waals surface area (Å²) in [6.07, 6.45) is 1.19. The number of nitrogens with one attached hydrogen (secondary N) is 1. The van der Waals surface area contributed by atoms with Crippen LogP contribution in [0.3, 0.4) is 0 Å². The number of likely N-dealkylation sites (tertiary alicyclic amines) is 1. The van der Waals surface area contributed by atoms with Crippen molar-refractivity contribution in [2.75, 3.05) is 31.2 Å². The van der Waals surface area contributed by atoms with Crippen LogP contribution < -0.4 is 11.1 Å². The zero-order valence-electron chi connectivity index (χ0n) is 9.81. The Hall–Kier alpha value is -1.33.